The average molecular weight is 470 g/mol. The summed E-state index contributed by atoms with van der Waals surface area (Å²) in [5, 5.41) is 0. The summed E-state index contributed by atoms with van der Waals surface area (Å²) < 4.78 is 46.6. The van der Waals surface area contributed by atoms with Gasteiger partial charge < -0.3 is 15.0 Å². The first-order chi connectivity index (χ1) is 16.2. The van der Waals surface area contributed by atoms with Crippen LogP contribution in [0, 0.1) is 11.6 Å². The normalized spacial score (nSPS) is 17.7. The zero-order chi connectivity index (χ0) is 24.6. The smallest absolute Gasteiger partial charge is 0.354 e. The highest BCUT2D eigenvalue weighted by Crippen LogP contribution is 2.41. The Morgan fingerprint density at radius 3 is 2.44 bits per heavy atom. The van der Waals surface area contributed by atoms with E-state index in [0.29, 0.717) is 16.7 Å². The number of rotatable bonds is 6. The van der Waals surface area contributed by atoms with Crippen LogP contribution in [0.15, 0.2) is 59.7 Å². The summed E-state index contributed by atoms with van der Waals surface area (Å²) in [7, 11) is 2.66. The minimum Gasteiger partial charge on any atom is -0.464 e. The molecule has 0 spiro atoms. The number of nitrogens with two attached hydrogens (primary N) is 1. The lowest BCUT2D eigenvalue weighted by atomic mass is 9.83. The van der Waals surface area contributed by atoms with Crippen molar-refractivity contribution in [1.29, 1.82) is 0 Å². The quantitative estimate of drug-likeness (QED) is 0.561. The first-order valence-electron chi connectivity index (χ1n) is 10.3. The van der Waals surface area contributed by atoms with Crippen molar-refractivity contribution >= 4 is 17.8 Å². The number of benzene rings is 2. The third kappa shape index (κ3) is 3.60. The number of nitrogens with zero attached hydrogens (tertiary/aromatic N) is 3. The zero-order valence-electron chi connectivity index (χ0n) is 18.4. The Morgan fingerprint density at radius 1 is 1.09 bits per heavy atom. The van der Waals surface area contributed by atoms with Gasteiger partial charge in [-0.15, -0.1) is 0 Å². The Kier molecular flexibility index (Phi) is 5.90. The maximum Gasteiger partial charge on any atom is 0.354 e. The van der Waals surface area contributed by atoms with Crippen molar-refractivity contribution in [2.45, 2.75) is 12.1 Å². The lowest BCUT2D eigenvalue weighted by Crippen LogP contribution is -2.41. The van der Waals surface area contributed by atoms with Crippen molar-refractivity contribution < 1.29 is 27.5 Å². The van der Waals surface area contributed by atoms with Crippen LogP contribution in [0.25, 0.3) is 11.1 Å². The molecule has 34 heavy (non-hydrogen) atoms. The molecular formula is C24H21F3N4O3. The number of alkyl halides is 1. The summed E-state index contributed by atoms with van der Waals surface area (Å²) >= 11 is 0. The van der Waals surface area contributed by atoms with Crippen molar-refractivity contribution in [1.82, 2.24) is 9.47 Å². The summed E-state index contributed by atoms with van der Waals surface area (Å²) in [4.78, 5) is 31.5. The molecule has 1 aliphatic rings. The van der Waals surface area contributed by atoms with Gasteiger partial charge in [0, 0.05) is 18.8 Å². The molecule has 176 valence electrons. The van der Waals surface area contributed by atoms with Gasteiger partial charge >= 0.3 is 5.97 Å². The van der Waals surface area contributed by atoms with Crippen LogP contribution < -0.4 is 5.73 Å². The molecule has 1 atom stereocenters. The number of hydrogen-bond donors (Lipinski definition) is 1. The van der Waals surface area contributed by atoms with Gasteiger partial charge in [0.05, 0.1) is 13.7 Å². The highest BCUT2D eigenvalue weighted by atomic mass is 19.2. The molecule has 3 aromatic rings. The van der Waals surface area contributed by atoms with E-state index in [1.807, 2.05) is 0 Å². The molecule has 10 heteroatoms. The fourth-order valence-electron chi connectivity index (χ4n) is 4.04. The standard InChI is InChI=1S/C24H21F3N4O3/c1-30-22(33)24(29-23(30)28,17-12-20(21(32)34-2)31(13-17)9-8-25)16-5-3-4-14(10-16)15-6-7-18(26)19(27)11-15/h3-7,10-13H,8-9H2,1-2H3,(H2,28,29). The van der Waals surface area contributed by atoms with Gasteiger partial charge in [-0.3, -0.25) is 9.69 Å². The molecule has 1 unspecified atom stereocenters. The van der Waals surface area contributed by atoms with Gasteiger partial charge in [0.1, 0.15) is 12.4 Å². The van der Waals surface area contributed by atoms with Gasteiger partial charge in [0.15, 0.2) is 23.1 Å². The van der Waals surface area contributed by atoms with Gasteiger partial charge in [-0.05, 0) is 41.0 Å². The number of halogens is 3. The van der Waals surface area contributed by atoms with E-state index in [-0.39, 0.29) is 23.8 Å². The Hall–Kier alpha value is -4.08. The van der Waals surface area contributed by atoms with Crippen LogP contribution in [0.4, 0.5) is 13.2 Å². The first-order valence-corrected chi connectivity index (χ1v) is 10.3. The zero-order valence-corrected chi connectivity index (χ0v) is 18.4. The van der Waals surface area contributed by atoms with E-state index in [4.69, 9.17) is 10.5 Å². The largest absolute Gasteiger partial charge is 0.464 e. The maximum absolute atomic E-state index is 13.8. The predicted molar refractivity (Wildman–Crippen MR) is 119 cm³/mol. The topological polar surface area (TPSA) is 89.9 Å². The van der Waals surface area contributed by atoms with Gasteiger partial charge in [0.2, 0.25) is 0 Å². The van der Waals surface area contributed by atoms with E-state index in [1.54, 1.807) is 24.3 Å². The minimum atomic E-state index is -1.68. The average Bonchev–Trinajstić information content (AvgIpc) is 3.36. The van der Waals surface area contributed by atoms with Gasteiger partial charge in [-0.1, -0.05) is 24.3 Å². The Morgan fingerprint density at radius 2 is 1.82 bits per heavy atom. The van der Waals surface area contributed by atoms with E-state index in [1.165, 1.54) is 42.0 Å². The number of methoxy groups -OCH3 is 1. The molecule has 1 aliphatic heterocycles. The number of guanidine groups is 1. The van der Waals surface area contributed by atoms with E-state index in [9.17, 15) is 22.8 Å². The molecule has 7 nitrogen and oxygen atoms in total. The SMILES string of the molecule is COC(=O)c1cc(C2(c3cccc(-c4ccc(F)c(F)c4)c3)N=C(N)N(C)C2=O)cn1CCF. The van der Waals surface area contributed by atoms with Crippen LogP contribution in [-0.2, 0) is 21.6 Å². The van der Waals surface area contributed by atoms with Gasteiger partial charge in [-0.25, -0.2) is 23.0 Å². The fourth-order valence-corrected chi connectivity index (χ4v) is 4.04. The number of carbonyl (C=O) groups excluding carboxylic acids is 2. The predicted octanol–water partition coefficient (Wildman–Crippen LogP) is 3.22. The van der Waals surface area contributed by atoms with Gasteiger partial charge in [0.25, 0.3) is 5.91 Å². The highest BCUT2D eigenvalue weighted by molar-refractivity contribution is 6.09. The number of aliphatic imine (C=N–C) groups is 1. The number of likely N-dealkylation sites (N-methyl/N-ethyl adjacent to an activating group) is 1. The minimum absolute atomic E-state index is 0.0439. The number of esters is 1. The number of aromatic nitrogens is 1. The second kappa shape index (κ2) is 8.69. The lowest BCUT2D eigenvalue weighted by Gasteiger charge is -2.25. The molecule has 0 bridgehead atoms. The molecule has 1 aromatic heterocycles. The molecule has 2 aromatic carbocycles. The van der Waals surface area contributed by atoms with Crippen LogP contribution in [0.1, 0.15) is 21.6 Å². The van der Waals surface area contributed by atoms with E-state index >= 15 is 0 Å². The molecule has 2 N–H and O–H groups in total. The monoisotopic (exact) mass is 470 g/mol. The molecule has 0 radical (unpaired) electrons. The van der Waals surface area contributed by atoms with Crippen LogP contribution in [-0.4, -0.2) is 48.1 Å². The van der Waals surface area contributed by atoms with Crippen molar-refractivity contribution in [2.24, 2.45) is 10.7 Å². The fraction of sp³-hybridized carbons (Fsp3) is 0.208. The second-order valence-electron chi connectivity index (χ2n) is 7.74. The number of amides is 1. The number of carbonyl (C=O) groups is 2. The van der Waals surface area contributed by atoms with Crippen molar-refractivity contribution in [2.75, 3.05) is 20.8 Å². The summed E-state index contributed by atoms with van der Waals surface area (Å²) in [6.07, 6.45) is 1.46. The second-order valence-corrected chi connectivity index (χ2v) is 7.74. The molecule has 1 amide bonds. The summed E-state index contributed by atoms with van der Waals surface area (Å²) in [5.74, 6) is -3.25. The summed E-state index contributed by atoms with van der Waals surface area (Å²) in [6.45, 7) is -0.894. The van der Waals surface area contributed by atoms with Crippen molar-refractivity contribution in [3.63, 3.8) is 0 Å². The molecule has 0 saturated carbocycles. The van der Waals surface area contributed by atoms with Crippen LogP contribution in [0.5, 0.6) is 0 Å². The van der Waals surface area contributed by atoms with E-state index in [2.05, 4.69) is 4.99 Å². The maximum atomic E-state index is 13.8. The van der Waals surface area contributed by atoms with Crippen LogP contribution in [0.3, 0.4) is 0 Å². The Bertz CT molecular complexity index is 1320. The van der Waals surface area contributed by atoms with Crippen LogP contribution >= 0.6 is 0 Å². The van der Waals surface area contributed by atoms with Gasteiger partial charge in [-0.2, -0.15) is 0 Å². The molecule has 0 aliphatic carbocycles. The third-order valence-corrected chi connectivity index (χ3v) is 5.81. The highest BCUT2D eigenvalue weighted by Gasteiger charge is 2.50. The number of ether oxygens (including phenoxy) is 1. The van der Waals surface area contributed by atoms with E-state index < -0.39 is 35.7 Å². The van der Waals surface area contributed by atoms with Crippen LogP contribution in [0.2, 0.25) is 0 Å². The molecule has 0 saturated heterocycles. The summed E-state index contributed by atoms with van der Waals surface area (Å²) in [6, 6.07) is 11.5. The third-order valence-electron chi connectivity index (χ3n) is 5.81. The Balaban J connectivity index is 1.94. The van der Waals surface area contributed by atoms with E-state index in [0.717, 1.165) is 12.1 Å². The van der Waals surface area contributed by atoms with Crippen molar-refractivity contribution in [3.8, 4) is 11.1 Å². The molecule has 4 rings (SSSR count). The first kappa shape index (κ1) is 23.1. The molecular weight excluding hydrogens is 449 g/mol. The Labute approximate surface area is 193 Å². The molecule has 0 fully saturated rings. The van der Waals surface area contributed by atoms with Crippen molar-refractivity contribution in [3.05, 3.63) is 83.2 Å². The number of hydrogen-bond acceptors (Lipinski definition) is 5. The number of aryl methyl sites for hydroxylation is 1. The lowest BCUT2D eigenvalue weighted by molar-refractivity contribution is -0.129. The summed E-state index contributed by atoms with van der Waals surface area (Å²) in [5.41, 5.74) is 5.90. The molecule has 2 heterocycles.